The molecule has 84 valence electrons. The smallest absolute Gasteiger partial charge is 0.341 e. The first-order chi connectivity index (χ1) is 7.02. The summed E-state index contributed by atoms with van der Waals surface area (Å²) in [7, 11) is 0. The van der Waals surface area contributed by atoms with E-state index in [0.717, 1.165) is 0 Å². The van der Waals surface area contributed by atoms with Gasteiger partial charge >= 0.3 is 11.9 Å². The standard InChI is InChI=1S/C11H16O4/c1-4-8(2)10(13)15-11(14)9(3)6-5-7-12/h4,6,12H,5,7H2,1-3H3. The van der Waals surface area contributed by atoms with Crippen LogP contribution in [-0.4, -0.2) is 23.7 Å². The maximum atomic E-state index is 11.3. The highest BCUT2D eigenvalue weighted by Crippen LogP contribution is 2.02. The number of aliphatic hydroxyl groups excluding tert-OH is 1. The van der Waals surface area contributed by atoms with Crippen molar-refractivity contribution in [1.82, 2.24) is 0 Å². The highest BCUT2D eigenvalue weighted by molar-refractivity contribution is 6.01. The molecule has 0 radical (unpaired) electrons. The monoisotopic (exact) mass is 212 g/mol. The van der Waals surface area contributed by atoms with E-state index < -0.39 is 11.9 Å². The van der Waals surface area contributed by atoms with Crippen LogP contribution in [-0.2, 0) is 14.3 Å². The Balaban J connectivity index is 4.32. The lowest BCUT2D eigenvalue weighted by atomic mass is 10.2. The number of hydrogen-bond donors (Lipinski definition) is 1. The maximum Gasteiger partial charge on any atom is 0.341 e. The van der Waals surface area contributed by atoms with Crippen LogP contribution in [0.15, 0.2) is 23.3 Å². The minimum atomic E-state index is -0.672. The number of carbonyl (C=O) groups excluding carboxylic acids is 2. The highest BCUT2D eigenvalue weighted by Gasteiger charge is 2.12. The summed E-state index contributed by atoms with van der Waals surface area (Å²) in [6.07, 6.45) is 3.47. The molecule has 0 bridgehead atoms. The molecule has 0 fully saturated rings. The van der Waals surface area contributed by atoms with E-state index in [1.54, 1.807) is 19.9 Å². The summed E-state index contributed by atoms with van der Waals surface area (Å²) < 4.78 is 4.57. The molecule has 0 amide bonds. The van der Waals surface area contributed by atoms with E-state index in [4.69, 9.17) is 5.11 Å². The Kier molecular flexibility index (Phi) is 6.29. The molecular weight excluding hydrogens is 196 g/mol. The summed E-state index contributed by atoms with van der Waals surface area (Å²) in [5.74, 6) is -1.31. The molecule has 0 atom stereocenters. The fourth-order valence-electron chi connectivity index (χ4n) is 0.727. The maximum absolute atomic E-state index is 11.3. The molecule has 0 unspecified atom stereocenters. The van der Waals surface area contributed by atoms with Gasteiger partial charge in [0.1, 0.15) is 0 Å². The number of hydrogen-bond acceptors (Lipinski definition) is 4. The molecule has 0 spiro atoms. The van der Waals surface area contributed by atoms with Crippen molar-refractivity contribution in [2.45, 2.75) is 27.2 Å². The first-order valence-corrected chi connectivity index (χ1v) is 4.70. The number of esters is 2. The third-order valence-electron chi connectivity index (χ3n) is 1.84. The van der Waals surface area contributed by atoms with Gasteiger partial charge in [0.25, 0.3) is 0 Å². The van der Waals surface area contributed by atoms with Crippen molar-refractivity contribution in [1.29, 1.82) is 0 Å². The molecule has 0 rings (SSSR count). The van der Waals surface area contributed by atoms with E-state index in [1.807, 2.05) is 0 Å². The zero-order valence-corrected chi connectivity index (χ0v) is 9.24. The van der Waals surface area contributed by atoms with Crippen LogP contribution in [0.4, 0.5) is 0 Å². The van der Waals surface area contributed by atoms with Crippen molar-refractivity contribution in [3.63, 3.8) is 0 Å². The van der Waals surface area contributed by atoms with Gasteiger partial charge in [-0.25, -0.2) is 9.59 Å². The zero-order chi connectivity index (χ0) is 11.8. The average molecular weight is 212 g/mol. The molecule has 0 heterocycles. The van der Waals surface area contributed by atoms with Crippen LogP contribution < -0.4 is 0 Å². The first kappa shape index (κ1) is 13.6. The summed E-state index contributed by atoms with van der Waals surface area (Å²) in [6, 6.07) is 0. The minimum Gasteiger partial charge on any atom is -0.396 e. The number of allylic oxidation sites excluding steroid dienone is 1. The lowest BCUT2D eigenvalue weighted by molar-refractivity contribution is -0.153. The predicted molar refractivity (Wildman–Crippen MR) is 56.0 cm³/mol. The molecule has 0 aromatic carbocycles. The van der Waals surface area contributed by atoms with E-state index in [9.17, 15) is 9.59 Å². The third kappa shape index (κ3) is 5.12. The summed E-state index contributed by atoms with van der Waals surface area (Å²) in [5.41, 5.74) is 0.708. The van der Waals surface area contributed by atoms with Gasteiger partial charge in [-0.05, 0) is 27.2 Å². The molecule has 0 saturated carbocycles. The summed E-state index contributed by atoms with van der Waals surface area (Å²) in [4.78, 5) is 22.4. The van der Waals surface area contributed by atoms with Crippen LogP contribution in [0.2, 0.25) is 0 Å². The summed E-state index contributed by atoms with van der Waals surface area (Å²) >= 11 is 0. The van der Waals surface area contributed by atoms with Gasteiger partial charge in [0.15, 0.2) is 0 Å². The largest absolute Gasteiger partial charge is 0.396 e. The van der Waals surface area contributed by atoms with E-state index in [2.05, 4.69) is 4.74 Å². The Morgan fingerprint density at radius 3 is 2.20 bits per heavy atom. The van der Waals surface area contributed by atoms with Gasteiger partial charge < -0.3 is 9.84 Å². The Hall–Kier alpha value is -1.42. The molecule has 0 aliphatic heterocycles. The number of carbonyl (C=O) groups is 2. The van der Waals surface area contributed by atoms with Gasteiger partial charge in [0.2, 0.25) is 0 Å². The van der Waals surface area contributed by atoms with Crippen molar-refractivity contribution in [2.24, 2.45) is 0 Å². The topological polar surface area (TPSA) is 63.6 Å². The molecule has 1 N–H and O–H groups in total. The fourth-order valence-corrected chi connectivity index (χ4v) is 0.727. The summed E-state index contributed by atoms with van der Waals surface area (Å²) in [5, 5.41) is 8.53. The Bertz CT molecular complexity index is 300. The second kappa shape index (κ2) is 6.95. The van der Waals surface area contributed by atoms with Crippen LogP contribution in [0.25, 0.3) is 0 Å². The zero-order valence-electron chi connectivity index (χ0n) is 9.24. The Morgan fingerprint density at radius 2 is 1.73 bits per heavy atom. The lowest BCUT2D eigenvalue weighted by Crippen LogP contribution is -2.13. The molecule has 0 saturated heterocycles. The van der Waals surface area contributed by atoms with Gasteiger partial charge in [0.05, 0.1) is 0 Å². The van der Waals surface area contributed by atoms with Crippen LogP contribution in [0.5, 0.6) is 0 Å². The quantitative estimate of drug-likeness (QED) is 0.434. The van der Waals surface area contributed by atoms with Crippen LogP contribution >= 0.6 is 0 Å². The fraction of sp³-hybridized carbons (Fsp3) is 0.455. The number of ether oxygens (including phenoxy) is 1. The number of rotatable bonds is 4. The van der Waals surface area contributed by atoms with E-state index in [0.29, 0.717) is 17.6 Å². The van der Waals surface area contributed by atoms with Crippen molar-refractivity contribution in [3.05, 3.63) is 23.3 Å². The van der Waals surface area contributed by atoms with Crippen LogP contribution in [0, 0.1) is 0 Å². The van der Waals surface area contributed by atoms with Crippen molar-refractivity contribution in [3.8, 4) is 0 Å². The highest BCUT2D eigenvalue weighted by atomic mass is 16.6. The van der Waals surface area contributed by atoms with Gasteiger partial charge in [-0.2, -0.15) is 0 Å². The molecule has 0 aromatic rings. The molecule has 0 aliphatic carbocycles. The first-order valence-electron chi connectivity index (χ1n) is 4.70. The predicted octanol–water partition coefficient (Wildman–Crippen LogP) is 1.35. The minimum absolute atomic E-state index is 0.0353. The lowest BCUT2D eigenvalue weighted by Gasteiger charge is -2.02. The van der Waals surface area contributed by atoms with Crippen molar-refractivity contribution < 1.29 is 19.4 Å². The SMILES string of the molecule is CC=C(C)C(=O)OC(=O)C(C)=CCCO. The second-order valence-electron chi connectivity index (χ2n) is 3.05. The average Bonchev–Trinajstić information content (AvgIpc) is 2.24. The second-order valence-corrected chi connectivity index (χ2v) is 3.05. The van der Waals surface area contributed by atoms with Crippen LogP contribution in [0.1, 0.15) is 27.2 Å². The Morgan fingerprint density at radius 1 is 1.20 bits per heavy atom. The van der Waals surface area contributed by atoms with E-state index >= 15 is 0 Å². The molecule has 4 heteroatoms. The van der Waals surface area contributed by atoms with Crippen LogP contribution in [0.3, 0.4) is 0 Å². The van der Waals surface area contributed by atoms with Crippen molar-refractivity contribution >= 4 is 11.9 Å². The molecule has 15 heavy (non-hydrogen) atoms. The summed E-state index contributed by atoms with van der Waals surface area (Å²) in [6.45, 7) is 4.76. The molecule has 0 aliphatic rings. The molecular formula is C11H16O4. The Labute approximate surface area is 89.2 Å². The van der Waals surface area contributed by atoms with Gasteiger partial charge in [0, 0.05) is 17.8 Å². The van der Waals surface area contributed by atoms with E-state index in [1.165, 1.54) is 13.0 Å². The van der Waals surface area contributed by atoms with E-state index in [-0.39, 0.29) is 6.61 Å². The third-order valence-corrected chi connectivity index (χ3v) is 1.84. The van der Waals surface area contributed by atoms with Gasteiger partial charge in [-0.15, -0.1) is 0 Å². The van der Waals surface area contributed by atoms with Crippen molar-refractivity contribution in [2.75, 3.05) is 6.61 Å². The molecule has 4 nitrogen and oxygen atoms in total. The number of aliphatic hydroxyl groups is 1. The molecule has 0 aromatic heterocycles. The van der Waals surface area contributed by atoms with Gasteiger partial charge in [-0.3, -0.25) is 0 Å². The normalized spacial score (nSPS) is 12.5. The van der Waals surface area contributed by atoms with Gasteiger partial charge in [-0.1, -0.05) is 12.2 Å².